The molecule has 0 atom stereocenters. The summed E-state index contributed by atoms with van der Waals surface area (Å²) >= 11 is 0. The third-order valence-corrected chi connectivity index (χ3v) is 5.85. The number of hydrogen-bond acceptors (Lipinski definition) is 4. The number of carbonyl (C=O) groups is 1. The molecule has 0 aromatic heterocycles. The summed E-state index contributed by atoms with van der Waals surface area (Å²) in [4.78, 5) is 16.3. The molecule has 3 rings (SSSR count). The summed E-state index contributed by atoms with van der Waals surface area (Å²) in [6, 6.07) is 9.00. The first-order valence-corrected chi connectivity index (χ1v) is 10.0. The van der Waals surface area contributed by atoms with Gasteiger partial charge >= 0.3 is 0 Å². The number of nitrogens with zero attached hydrogens (tertiary/aromatic N) is 3. The van der Waals surface area contributed by atoms with Crippen molar-refractivity contribution in [3.05, 3.63) is 30.1 Å². The Labute approximate surface area is 161 Å². The van der Waals surface area contributed by atoms with Crippen molar-refractivity contribution in [1.82, 2.24) is 10.2 Å². The zero-order chi connectivity index (χ0) is 19.1. The third-order valence-electron chi connectivity index (χ3n) is 5.85. The Hall–Kier alpha value is -2.13. The van der Waals surface area contributed by atoms with Crippen LogP contribution in [0.25, 0.3) is 0 Å². The van der Waals surface area contributed by atoms with Crippen LogP contribution in [0.1, 0.15) is 38.5 Å². The van der Waals surface area contributed by atoms with E-state index in [1.165, 1.54) is 12.5 Å². The fraction of sp³-hybridized carbons (Fsp3) is 0.619. The molecule has 0 bridgehead atoms. The van der Waals surface area contributed by atoms with Crippen molar-refractivity contribution >= 4 is 11.6 Å². The largest absolute Gasteiger partial charge is 0.369 e. The minimum Gasteiger partial charge on any atom is -0.369 e. The molecule has 1 saturated carbocycles. The Morgan fingerprint density at radius 2 is 1.93 bits per heavy atom. The summed E-state index contributed by atoms with van der Waals surface area (Å²) in [6.07, 6.45) is 5.52. The number of piperazine rings is 1. The molecule has 1 N–H and O–H groups in total. The van der Waals surface area contributed by atoms with Crippen LogP contribution >= 0.6 is 0 Å². The van der Waals surface area contributed by atoms with E-state index in [9.17, 15) is 9.18 Å². The number of nitriles is 1. The molecule has 1 amide bonds. The summed E-state index contributed by atoms with van der Waals surface area (Å²) in [6.45, 7) is 5.06. The predicted octanol–water partition coefficient (Wildman–Crippen LogP) is 2.93. The van der Waals surface area contributed by atoms with Gasteiger partial charge in [-0.25, -0.2) is 4.39 Å². The molecule has 1 aromatic rings. The first-order valence-electron chi connectivity index (χ1n) is 10.0. The van der Waals surface area contributed by atoms with Crippen LogP contribution in [0.5, 0.6) is 0 Å². The Morgan fingerprint density at radius 3 is 2.59 bits per heavy atom. The minimum atomic E-state index is -0.172. The van der Waals surface area contributed by atoms with Crippen molar-refractivity contribution in [3.63, 3.8) is 0 Å². The van der Waals surface area contributed by atoms with Gasteiger partial charge in [-0.05, 0) is 62.8 Å². The lowest BCUT2D eigenvalue weighted by atomic mass is 9.84. The Morgan fingerprint density at radius 1 is 1.19 bits per heavy atom. The maximum absolute atomic E-state index is 13.4. The molecule has 1 aliphatic carbocycles. The average Bonchev–Trinajstić information content (AvgIpc) is 2.68. The predicted molar refractivity (Wildman–Crippen MR) is 104 cm³/mol. The highest BCUT2D eigenvalue weighted by Gasteiger charge is 2.24. The van der Waals surface area contributed by atoms with Gasteiger partial charge in [0.05, 0.1) is 6.07 Å². The van der Waals surface area contributed by atoms with Crippen molar-refractivity contribution in [2.24, 2.45) is 5.92 Å². The van der Waals surface area contributed by atoms with Gasteiger partial charge in [0.15, 0.2) is 0 Å². The van der Waals surface area contributed by atoms with E-state index in [1.807, 2.05) is 12.1 Å². The second kappa shape index (κ2) is 9.70. The summed E-state index contributed by atoms with van der Waals surface area (Å²) < 4.78 is 13.4. The minimum absolute atomic E-state index is 0.0401. The van der Waals surface area contributed by atoms with Crippen LogP contribution < -0.4 is 10.2 Å². The molecule has 0 radical (unpaired) electrons. The molecule has 0 unspecified atom stereocenters. The van der Waals surface area contributed by atoms with Gasteiger partial charge in [-0.1, -0.05) is 6.07 Å². The molecule has 1 aliphatic heterocycles. The monoisotopic (exact) mass is 372 g/mol. The molecular weight excluding hydrogens is 343 g/mol. The van der Waals surface area contributed by atoms with E-state index in [-0.39, 0.29) is 24.2 Å². The zero-order valence-electron chi connectivity index (χ0n) is 15.9. The molecule has 1 aromatic carbocycles. The van der Waals surface area contributed by atoms with Crippen molar-refractivity contribution in [2.45, 2.75) is 44.6 Å². The van der Waals surface area contributed by atoms with Gasteiger partial charge in [0.1, 0.15) is 12.2 Å². The van der Waals surface area contributed by atoms with E-state index in [0.29, 0.717) is 0 Å². The van der Waals surface area contributed by atoms with Crippen LogP contribution in [-0.4, -0.2) is 49.6 Å². The van der Waals surface area contributed by atoms with Gasteiger partial charge in [-0.2, -0.15) is 5.26 Å². The highest BCUT2D eigenvalue weighted by molar-refractivity contribution is 5.78. The molecule has 27 heavy (non-hydrogen) atoms. The maximum Gasteiger partial charge on any atom is 0.234 e. The molecule has 1 saturated heterocycles. The Balaban J connectivity index is 1.33. The van der Waals surface area contributed by atoms with Crippen LogP contribution in [-0.2, 0) is 4.79 Å². The number of halogens is 1. The van der Waals surface area contributed by atoms with E-state index in [4.69, 9.17) is 5.26 Å². The summed E-state index contributed by atoms with van der Waals surface area (Å²) in [7, 11) is 0. The Bertz CT molecular complexity index is 658. The van der Waals surface area contributed by atoms with E-state index in [2.05, 4.69) is 15.1 Å². The molecule has 1 heterocycles. The molecule has 6 heteroatoms. The second-order valence-electron chi connectivity index (χ2n) is 7.72. The SMILES string of the molecule is N#CCC(=O)N[C@H]1CC[C@H](CCN2CCN(c3cccc(F)c3)CC2)CC1. The second-order valence-corrected chi connectivity index (χ2v) is 7.72. The van der Waals surface area contributed by atoms with Gasteiger partial charge in [0.2, 0.25) is 5.91 Å². The lowest BCUT2D eigenvalue weighted by Crippen LogP contribution is -2.47. The number of nitrogens with one attached hydrogen (secondary N) is 1. The van der Waals surface area contributed by atoms with Crippen LogP contribution in [0.4, 0.5) is 10.1 Å². The topological polar surface area (TPSA) is 59.4 Å². The fourth-order valence-electron chi connectivity index (χ4n) is 4.21. The van der Waals surface area contributed by atoms with Crippen molar-refractivity contribution in [3.8, 4) is 6.07 Å². The maximum atomic E-state index is 13.4. The van der Waals surface area contributed by atoms with E-state index in [1.54, 1.807) is 12.1 Å². The number of carbonyl (C=O) groups excluding carboxylic acids is 1. The van der Waals surface area contributed by atoms with Gasteiger partial charge in [0.25, 0.3) is 0 Å². The number of benzene rings is 1. The summed E-state index contributed by atoms with van der Waals surface area (Å²) in [5.41, 5.74) is 0.978. The van der Waals surface area contributed by atoms with Crippen molar-refractivity contribution < 1.29 is 9.18 Å². The number of amides is 1. The van der Waals surface area contributed by atoms with Crippen molar-refractivity contribution in [1.29, 1.82) is 5.26 Å². The molecule has 0 spiro atoms. The highest BCUT2D eigenvalue weighted by Crippen LogP contribution is 2.27. The number of hydrogen-bond donors (Lipinski definition) is 1. The molecule has 2 fully saturated rings. The normalized spacial score (nSPS) is 23.6. The summed E-state index contributed by atoms with van der Waals surface area (Å²) in [5.74, 6) is 0.418. The lowest BCUT2D eigenvalue weighted by molar-refractivity contribution is -0.121. The number of rotatable bonds is 6. The Kier molecular flexibility index (Phi) is 7.05. The fourth-order valence-corrected chi connectivity index (χ4v) is 4.21. The van der Waals surface area contributed by atoms with E-state index in [0.717, 1.165) is 70.0 Å². The van der Waals surface area contributed by atoms with Crippen LogP contribution in [0.2, 0.25) is 0 Å². The molecule has 146 valence electrons. The van der Waals surface area contributed by atoms with Crippen LogP contribution in [0.3, 0.4) is 0 Å². The average molecular weight is 372 g/mol. The van der Waals surface area contributed by atoms with Crippen LogP contribution in [0, 0.1) is 23.1 Å². The van der Waals surface area contributed by atoms with Gasteiger partial charge in [-0.15, -0.1) is 0 Å². The smallest absolute Gasteiger partial charge is 0.234 e. The van der Waals surface area contributed by atoms with Gasteiger partial charge in [0, 0.05) is 37.9 Å². The highest BCUT2D eigenvalue weighted by atomic mass is 19.1. The van der Waals surface area contributed by atoms with Gasteiger partial charge < -0.3 is 10.2 Å². The lowest BCUT2D eigenvalue weighted by Gasteiger charge is -2.37. The zero-order valence-corrected chi connectivity index (χ0v) is 15.9. The van der Waals surface area contributed by atoms with E-state index >= 15 is 0 Å². The molecule has 5 nitrogen and oxygen atoms in total. The first-order chi connectivity index (χ1) is 13.1. The molecule has 2 aliphatic rings. The standard InChI is InChI=1S/C21H29FN4O/c22-18-2-1-3-20(16-18)26-14-12-25(13-15-26)11-9-17-4-6-19(7-5-17)24-21(27)8-10-23/h1-3,16-17,19H,4-9,11-15H2,(H,24,27)/t17-,19-. The molecular formula is C21H29FN4O. The number of anilines is 1. The van der Waals surface area contributed by atoms with E-state index < -0.39 is 0 Å². The van der Waals surface area contributed by atoms with Crippen molar-refractivity contribution in [2.75, 3.05) is 37.6 Å². The van der Waals surface area contributed by atoms with Crippen LogP contribution in [0.15, 0.2) is 24.3 Å². The first kappa shape index (κ1) is 19.6. The quantitative estimate of drug-likeness (QED) is 0.834. The summed E-state index contributed by atoms with van der Waals surface area (Å²) in [5, 5.41) is 11.5. The van der Waals surface area contributed by atoms with Gasteiger partial charge in [-0.3, -0.25) is 9.69 Å². The third kappa shape index (κ3) is 5.93.